The highest BCUT2D eigenvalue weighted by molar-refractivity contribution is 5.60. The molecule has 2 N–H and O–H groups in total. The predicted octanol–water partition coefficient (Wildman–Crippen LogP) is 3.29. The van der Waals surface area contributed by atoms with E-state index in [2.05, 4.69) is 53.0 Å². The van der Waals surface area contributed by atoms with Crippen LogP contribution in [0.15, 0.2) is 29.4 Å². The molecular formula is C20H32N4. The molecule has 4 heteroatoms. The normalized spacial score (nSPS) is 25.9. The third-order valence-corrected chi connectivity index (χ3v) is 5.69. The fourth-order valence-electron chi connectivity index (χ4n) is 4.16. The predicted molar refractivity (Wildman–Crippen MR) is 103 cm³/mol. The van der Waals surface area contributed by atoms with Crippen molar-refractivity contribution in [3.05, 3.63) is 29.8 Å². The number of nitrogens with two attached hydrogens (primary N) is 1. The number of benzene rings is 1. The summed E-state index contributed by atoms with van der Waals surface area (Å²) in [7, 11) is 0. The van der Waals surface area contributed by atoms with Crippen molar-refractivity contribution < 1.29 is 0 Å². The maximum atomic E-state index is 5.29. The van der Waals surface area contributed by atoms with E-state index in [0.29, 0.717) is 11.8 Å². The zero-order valence-corrected chi connectivity index (χ0v) is 15.2. The molecule has 0 aromatic heterocycles. The van der Waals surface area contributed by atoms with Crippen molar-refractivity contribution in [3.8, 4) is 0 Å². The Bertz CT molecular complexity index is 529. The van der Waals surface area contributed by atoms with Crippen molar-refractivity contribution in [2.45, 2.75) is 39.0 Å². The summed E-state index contributed by atoms with van der Waals surface area (Å²) >= 11 is 0. The van der Waals surface area contributed by atoms with E-state index in [1.807, 2.05) is 6.21 Å². The van der Waals surface area contributed by atoms with Gasteiger partial charge in [-0.2, -0.15) is 5.10 Å². The largest absolute Gasteiger partial charge is 0.369 e. The Morgan fingerprint density at radius 1 is 1.12 bits per heavy atom. The van der Waals surface area contributed by atoms with Gasteiger partial charge in [0.1, 0.15) is 0 Å². The second-order valence-corrected chi connectivity index (χ2v) is 7.77. The quantitative estimate of drug-likeness (QED) is 0.512. The lowest BCUT2D eigenvalue weighted by atomic mass is 10.0. The maximum absolute atomic E-state index is 5.29. The number of rotatable bonds is 5. The maximum Gasteiger partial charge on any atom is 0.0367 e. The molecule has 1 aliphatic carbocycles. The lowest BCUT2D eigenvalue weighted by Gasteiger charge is -2.37. The van der Waals surface area contributed by atoms with Gasteiger partial charge >= 0.3 is 0 Å². The zero-order chi connectivity index (χ0) is 16.9. The van der Waals surface area contributed by atoms with Gasteiger partial charge in [-0.1, -0.05) is 26.0 Å². The van der Waals surface area contributed by atoms with Crippen molar-refractivity contribution in [1.29, 1.82) is 0 Å². The van der Waals surface area contributed by atoms with Crippen molar-refractivity contribution in [3.63, 3.8) is 0 Å². The summed E-state index contributed by atoms with van der Waals surface area (Å²) in [6, 6.07) is 9.14. The first-order chi connectivity index (χ1) is 11.7. The topological polar surface area (TPSA) is 44.9 Å². The fourth-order valence-corrected chi connectivity index (χ4v) is 4.16. The molecule has 0 spiro atoms. The third kappa shape index (κ3) is 4.29. The van der Waals surface area contributed by atoms with Gasteiger partial charge in [0.15, 0.2) is 0 Å². The molecule has 1 saturated heterocycles. The van der Waals surface area contributed by atoms with Gasteiger partial charge in [-0.05, 0) is 54.7 Å². The standard InChI is InChI=1S/C20H32N4/c1-16(2)19-5-7-20(8-6-19)24-11-9-23(10-12-24)15-18-4-3-17(13-18)14-22-21/h5-8,14,16-18H,3-4,9-13,15,21H2,1-2H3/b22-14-. The van der Waals surface area contributed by atoms with Crippen LogP contribution in [0.25, 0.3) is 0 Å². The molecule has 1 aliphatic heterocycles. The SMILES string of the molecule is CC(C)c1ccc(N2CCN(CC3CCC(/C=N\N)C3)CC2)cc1. The number of hydrogen-bond donors (Lipinski definition) is 1. The lowest BCUT2D eigenvalue weighted by molar-refractivity contribution is 0.219. The van der Waals surface area contributed by atoms with Crippen molar-refractivity contribution >= 4 is 11.9 Å². The number of hydrogen-bond acceptors (Lipinski definition) is 4. The first-order valence-electron chi connectivity index (χ1n) is 9.46. The molecule has 1 heterocycles. The van der Waals surface area contributed by atoms with Crippen LogP contribution in [0.1, 0.15) is 44.6 Å². The van der Waals surface area contributed by atoms with Crippen LogP contribution in [0.3, 0.4) is 0 Å². The number of piperazine rings is 1. The molecular weight excluding hydrogens is 296 g/mol. The second-order valence-electron chi connectivity index (χ2n) is 7.77. The summed E-state index contributed by atoms with van der Waals surface area (Å²) in [5.74, 6) is 7.33. The molecule has 2 fully saturated rings. The average molecular weight is 329 g/mol. The Morgan fingerprint density at radius 3 is 2.46 bits per heavy atom. The number of anilines is 1. The van der Waals surface area contributed by atoms with Gasteiger partial charge in [-0.3, -0.25) is 4.90 Å². The Labute approximate surface area is 146 Å². The monoisotopic (exact) mass is 328 g/mol. The minimum atomic E-state index is 0.607. The zero-order valence-electron chi connectivity index (χ0n) is 15.2. The van der Waals surface area contributed by atoms with Crippen LogP contribution in [0.5, 0.6) is 0 Å². The molecule has 132 valence electrons. The summed E-state index contributed by atoms with van der Waals surface area (Å²) in [6.07, 6.45) is 5.79. The lowest BCUT2D eigenvalue weighted by Crippen LogP contribution is -2.47. The molecule has 4 nitrogen and oxygen atoms in total. The molecule has 1 saturated carbocycles. The minimum absolute atomic E-state index is 0.607. The summed E-state index contributed by atoms with van der Waals surface area (Å²) in [5, 5.41) is 3.71. The van der Waals surface area contributed by atoms with Crippen LogP contribution < -0.4 is 10.7 Å². The van der Waals surface area contributed by atoms with Gasteiger partial charge in [-0.25, -0.2) is 0 Å². The molecule has 0 bridgehead atoms. The van der Waals surface area contributed by atoms with E-state index < -0.39 is 0 Å². The summed E-state index contributed by atoms with van der Waals surface area (Å²) in [6.45, 7) is 10.4. The van der Waals surface area contributed by atoms with Gasteiger partial charge < -0.3 is 10.7 Å². The molecule has 2 atom stereocenters. The average Bonchev–Trinajstić information content (AvgIpc) is 3.03. The Kier molecular flexibility index (Phi) is 5.77. The summed E-state index contributed by atoms with van der Waals surface area (Å²) < 4.78 is 0. The molecule has 0 amide bonds. The van der Waals surface area contributed by atoms with E-state index in [4.69, 9.17) is 5.84 Å². The van der Waals surface area contributed by atoms with Gasteiger partial charge in [0.2, 0.25) is 0 Å². The molecule has 1 aromatic carbocycles. The van der Waals surface area contributed by atoms with E-state index in [0.717, 1.165) is 19.0 Å². The van der Waals surface area contributed by atoms with Gasteiger partial charge in [-0.15, -0.1) is 0 Å². The van der Waals surface area contributed by atoms with Gasteiger partial charge in [0.05, 0.1) is 0 Å². The highest BCUT2D eigenvalue weighted by atomic mass is 15.3. The van der Waals surface area contributed by atoms with Crippen LogP contribution >= 0.6 is 0 Å². The van der Waals surface area contributed by atoms with Crippen LogP contribution in [-0.2, 0) is 0 Å². The van der Waals surface area contributed by atoms with E-state index >= 15 is 0 Å². The van der Waals surface area contributed by atoms with Gasteiger partial charge in [0, 0.05) is 44.6 Å². The van der Waals surface area contributed by atoms with Crippen LogP contribution in [0, 0.1) is 11.8 Å². The van der Waals surface area contributed by atoms with E-state index in [1.165, 1.54) is 50.1 Å². The van der Waals surface area contributed by atoms with Crippen LogP contribution in [0.4, 0.5) is 5.69 Å². The molecule has 2 aliphatic rings. The number of hydrazone groups is 1. The van der Waals surface area contributed by atoms with E-state index in [1.54, 1.807) is 0 Å². The smallest absolute Gasteiger partial charge is 0.0367 e. The highest BCUT2D eigenvalue weighted by Gasteiger charge is 2.26. The second kappa shape index (κ2) is 8.02. The Morgan fingerprint density at radius 2 is 1.83 bits per heavy atom. The van der Waals surface area contributed by atoms with E-state index in [-0.39, 0.29) is 0 Å². The summed E-state index contributed by atoms with van der Waals surface area (Å²) in [4.78, 5) is 5.17. The fraction of sp³-hybridized carbons (Fsp3) is 0.650. The van der Waals surface area contributed by atoms with Crippen molar-refractivity contribution in [1.82, 2.24) is 4.90 Å². The minimum Gasteiger partial charge on any atom is -0.369 e. The first kappa shape index (κ1) is 17.3. The Hall–Kier alpha value is -1.55. The molecule has 24 heavy (non-hydrogen) atoms. The molecule has 1 aromatic rings. The summed E-state index contributed by atoms with van der Waals surface area (Å²) in [5.41, 5.74) is 2.80. The molecule has 3 rings (SSSR count). The van der Waals surface area contributed by atoms with Gasteiger partial charge in [0.25, 0.3) is 0 Å². The Balaban J connectivity index is 1.46. The van der Waals surface area contributed by atoms with Crippen molar-refractivity contribution in [2.75, 3.05) is 37.6 Å². The van der Waals surface area contributed by atoms with Crippen LogP contribution in [-0.4, -0.2) is 43.8 Å². The first-order valence-corrected chi connectivity index (χ1v) is 9.46. The third-order valence-electron chi connectivity index (χ3n) is 5.69. The number of nitrogens with zero attached hydrogens (tertiary/aromatic N) is 3. The van der Waals surface area contributed by atoms with E-state index in [9.17, 15) is 0 Å². The highest BCUT2D eigenvalue weighted by Crippen LogP contribution is 2.30. The van der Waals surface area contributed by atoms with Crippen LogP contribution in [0.2, 0.25) is 0 Å². The molecule has 0 radical (unpaired) electrons. The molecule has 2 unspecified atom stereocenters. The van der Waals surface area contributed by atoms with Crippen molar-refractivity contribution in [2.24, 2.45) is 22.8 Å².